The quantitative estimate of drug-likeness (QED) is 0.700. The fourth-order valence-electron chi connectivity index (χ4n) is 0.671. The maximum absolute atomic E-state index is 12.8. The summed E-state index contributed by atoms with van der Waals surface area (Å²) in [6.07, 6.45) is 0. The lowest BCUT2D eigenvalue weighted by Gasteiger charge is -2.02. The van der Waals surface area contributed by atoms with Crippen LogP contribution in [0, 0.1) is 5.82 Å². The number of hydrogen-bond donors (Lipinski definition) is 0. The highest BCUT2D eigenvalue weighted by molar-refractivity contribution is 7.90. The minimum absolute atomic E-state index is 0.331. The Labute approximate surface area is 75.6 Å². The van der Waals surface area contributed by atoms with Crippen molar-refractivity contribution in [2.45, 2.75) is 0 Å². The Morgan fingerprint density at radius 2 is 2.00 bits per heavy atom. The van der Waals surface area contributed by atoms with E-state index < -0.39 is 15.9 Å². The molecular weight excluding hydrogens is 195 g/mol. The third-order valence-corrected chi connectivity index (χ3v) is 2.07. The van der Waals surface area contributed by atoms with E-state index in [1.54, 1.807) is 0 Å². The molecule has 0 unspecified atom stereocenters. The maximum atomic E-state index is 12.8. The predicted molar refractivity (Wildman–Crippen MR) is 46.1 cm³/mol. The lowest BCUT2D eigenvalue weighted by molar-refractivity contribution is 0.470. The topological polar surface area (TPSA) is 43.4 Å². The minimum atomic E-state index is -3.87. The molecule has 0 aliphatic carbocycles. The molecule has 0 fully saturated rings. The van der Waals surface area contributed by atoms with Crippen molar-refractivity contribution >= 4 is 10.1 Å². The van der Waals surface area contributed by atoms with Crippen LogP contribution in [0.25, 0.3) is 0 Å². The van der Waals surface area contributed by atoms with Crippen LogP contribution in [-0.4, -0.2) is 8.42 Å². The van der Waals surface area contributed by atoms with Gasteiger partial charge in [0.15, 0.2) is 11.6 Å². The first-order chi connectivity index (χ1) is 6.05. The van der Waals surface area contributed by atoms with Gasteiger partial charge in [0.05, 0.1) is 5.41 Å². The summed E-state index contributed by atoms with van der Waals surface area (Å²) in [5, 5.41) is 0.611. The molecular formula is C8H7FO3S. The lowest BCUT2D eigenvalue weighted by atomic mass is 10.3. The first-order valence-corrected chi connectivity index (χ1v) is 4.84. The molecule has 0 atom stereocenters. The molecule has 0 aliphatic rings. The van der Waals surface area contributed by atoms with E-state index in [1.165, 1.54) is 18.2 Å². The van der Waals surface area contributed by atoms with Gasteiger partial charge in [-0.05, 0) is 12.1 Å². The highest BCUT2D eigenvalue weighted by atomic mass is 32.2. The Bertz CT molecular complexity index is 411. The van der Waals surface area contributed by atoms with Crippen LogP contribution >= 0.6 is 0 Å². The first kappa shape index (κ1) is 9.73. The zero-order valence-corrected chi connectivity index (χ0v) is 7.42. The van der Waals surface area contributed by atoms with Crippen molar-refractivity contribution in [2.24, 2.45) is 0 Å². The van der Waals surface area contributed by atoms with E-state index in [9.17, 15) is 12.8 Å². The molecule has 3 nitrogen and oxygen atoms in total. The molecule has 5 heteroatoms. The fraction of sp³-hybridized carbons (Fsp3) is 0. The molecule has 0 amide bonds. The average molecular weight is 202 g/mol. The van der Waals surface area contributed by atoms with Crippen LogP contribution in [0.15, 0.2) is 36.3 Å². The van der Waals surface area contributed by atoms with Gasteiger partial charge < -0.3 is 4.18 Å². The van der Waals surface area contributed by atoms with Gasteiger partial charge in [0, 0.05) is 0 Å². The van der Waals surface area contributed by atoms with Crippen LogP contribution in [0.4, 0.5) is 4.39 Å². The predicted octanol–water partition coefficient (Wildman–Crippen LogP) is 1.68. The van der Waals surface area contributed by atoms with Crippen LogP contribution in [0.1, 0.15) is 0 Å². The third kappa shape index (κ3) is 2.55. The molecule has 70 valence electrons. The van der Waals surface area contributed by atoms with Crippen molar-refractivity contribution < 1.29 is 17.0 Å². The van der Waals surface area contributed by atoms with Gasteiger partial charge in [0.1, 0.15) is 0 Å². The molecule has 1 rings (SSSR count). The van der Waals surface area contributed by atoms with E-state index >= 15 is 0 Å². The van der Waals surface area contributed by atoms with Gasteiger partial charge >= 0.3 is 10.1 Å². The van der Waals surface area contributed by atoms with Gasteiger partial charge in [-0.15, -0.1) is 0 Å². The monoisotopic (exact) mass is 202 g/mol. The molecule has 13 heavy (non-hydrogen) atoms. The van der Waals surface area contributed by atoms with Crippen LogP contribution in [0.5, 0.6) is 5.75 Å². The van der Waals surface area contributed by atoms with Crippen LogP contribution in [0.2, 0.25) is 0 Å². The van der Waals surface area contributed by atoms with E-state index in [-0.39, 0.29) is 5.75 Å². The summed E-state index contributed by atoms with van der Waals surface area (Å²) >= 11 is 0. The van der Waals surface area contributed by atoms with Crippen molar-refractivity contribution in [1.29, 1.82) is 0 Å². The number of halogens is 1. The normalized spacial score (nSPS) is 10.8. The molecule has 0 bridgehead atoms. The number of para-hydroxylation sites is 1. The van der Waals surface area contributed by atoms with Crippen molar-refractivity contribution in [3.8, 4) is 5.75 Å². The van der Waals surface area contributed by atoms with Gasteiger partial charge in [-0.1, -0.05) is 18.7 Å². The highest BCUT2D eigenvalue weighted by Gasteiger charge is 2.09. The summed E-state index contributed by atoms with van der Waals surface area (Å²) in [4.78, 5) is 0. The molecule has 1 aromatic carbocycles. The molecule has 0 saturated carbocycles. The third-order valence-electron chi connectivity index (χ3n) is 1.25. The number of hydrogen-bond acceptors (Lipinski definition) is 3. The summed E-state index contributed by atoms with van der Waals surface area (Å²) < 4.78 is 38.8. The molecule has 0 radical (unpaired) electrons. The zero-order chi connectivity index (χ0) is 9.90. The Morgan fingerprint density at radius 1 is 1.38 bits per heavy atom. The van der Waals surface area contributed by atoms with E-state index in [0.29, 0.717) is 5.41 Å². The summed E-state index contributed by atoms with van der Waals surface area (Å²) in [7, 11) is -3.87. The van der Waals surface area contributed by atoms with Crippen molar-refractivity contribution in [3.05, 3.63) is 42.1 Å². The maximum Gasteiger partial charge on any atom is 0.331 e. The van der Waals surface area contributed by atoms with Gasteiger partial charge in [-0.2, -0.15) is 8.42 Å². The molecule has 0 aromatic heterocycles. The molecule has 0 saturated heterocycles. The second-order valence-corrected chi connectivity index (χ2v) is 3.66. The van der Waals surface area contributed by atoms with Gasteiger partial charge in [-0.25, -0.2) is 4.39 Å². The second kappa shape index (κ2) is 3.57. The summed E-state index contributed by atoms with van der Waals surface area (Å²) in [6.45, 7) is 3.02. The van der Waals surface area contributed by atoms with E-state index in [0.717, 1.165) is 6.07 Å². The van der Waals surface area contributed by atoms with E-state index in [4.69, 9.17) is 0 Å². The van der Waals surface area contributed by atoms with Crippen molar-refractivity contribution in [1.82, 2.24) is 0 Å². The van der Waals surface area contributed by atoms with Gasteiger partial charge in [0.2, 0.25) is 0 Å². The Morgan fingerprint density at radius 3 is 2.54 bits per heavy atom. The SMILES string of the molecule is C=CS(=O)(=O)Oc1ccccc1F. The van der Waals surface area contributed by atoms with Gasteiger partial charge in [-0.3, -0.25) is 0 Å². The largest absolute Gasteiger partial charge is 0.376 e. The van der Waals surface area contributed by atoms with Gasteiger partial charge in [0.25, 0.3) is 0 Å². The number of benzene rings is 1. The standard InChI is InChI=1S/C8H7FO3S/c1-2-13(10,11)12-8-6-4-3-5-7(8)9/h2-6H,1H2. The fourth-order valence-corrected chi connectivity index (χ4v) is 1.12. The second-order valence-electron chi connectivity index (χ2n) is 2.17. The van der Waals surface area contributed by atoms with Crippen LogP contribution < -0.4 is 4.18 Å². The molecule has 0 N–H and O–H groups in total. The minimum Gasteiger partial charge on any atom is -0.376 e. The Balaban J connectivity index is 3.00. The number of rotatable bonds is 3. The van der Waals surface area contributed by atoms with Crippen LogP contribution in [0.3, 0.4) is 0 Å². The van der Waals surface area contributed by atoms with Crippen LogP contribution in [-0.2, 0) is 10.1 Å². The van der Waals surface area contributed by atoms with Crippen molar-refractivity contribution in [3.63, 3.8) is 0 Å². The first-order valence-electron chi connectivity index (χ1n) is 3.36. The van der Waals surface area contributed by atoms with E-state index in [2.05, 4.69) is 10.8 Å². The zero-order valence-electron chi connectivity index (χ0n) is 6.60. The summed E-state index contributed by atoms with van der Waals surface area (Å²) in [5.41, 5.74) is 0. The van der Waals surface area contributed by atoms with E-state index in [1.807, 2.05) is 0 Å². The molecule has 1 aromatic rings. The Kier molecular flexibility index (Phi) is 2.67. The lowest BCUT2D eigenvalue weighted by Crippen LogP contribution is -2.05. The molecule has 0 aliphatic heterocycles. The summed E-state index contributed by atoms with van der Waals surface area (Å²) in [5.74, 6) is -1.06. The molecule has 0 heterocycles. The Hall–Kier alpha value is -1.36. The van der Waals surface area contributed by atoms with Crippen molar-refractivity contribution in [2.75, 3.05) is 0 Å². The average Bonchev–Trinajstić information content (AvgIpc) is 2.09. The summed E-state index contributed by atoms with van der Waals surface area (Å²) in [6, 6.07) is 5.23. The smallest absolute Gasteiger partial charge is 0.331 e. The highest BCUT2D eigenvalue weighted by Crippen LogP contribution is 2.17. The molecule has 0 spiro atoms.